The number of benzene rings is 2. The van der Waals surface area contributed by atoms with Crippen molar-refractivity contribution < 1.29 is 8.42 Å². The normalized spacial score (nSPS) is 12.8. The molecule has 6 heteroatoms. The van der Waals surface area contributed by atoms with Crippen molar-refractivity contribution in [2.24, 2.45) is 5.73 Å². The molecule has 0 amide bonds. The Balaban J connectivity index is 2.47. The second-order valence-corrected chi connectivity index (χ2v) is 7.24. The number of hydrogen-bond acceptors (Lipinski definition) is 4. The van der Waals surface area contributed by atoms with Gasteiger partial charge in [-0.25, -0.2) is 8.42 Å². The highest BCUT2D eigenvalue weighted by Gasteiger charge is 2.17. The standard InChI is InChI=1S/C17H23N3O2S/c1-19-12-11-14-15(17(18)13-7-4-3-5-8-13)9-6-10-16(14)20-23(2,21)22/h3-10,17,19-20H,11-12,18H2,1-2H3. The van der Waals surface area contributed by atoms with Crippen molar-refractivity contribution in [3.05, 3.63) is 65.2 Å². The number of rotatable bonds is 7. The molecule has 124 valence electrons. The first kappa shape index (κ1) is 17.5. The predicted octanol–water partition coefficient (Wildman–Crippen LogP) is 1.87. The molecule has 0 saturated heterocycles. The highest BCUT2D eigenvalue weighted by Crippen LogP contribution is 2.29. The summed E-state index contributed by atoms with van der Waals surface area (Å²) in [6, 6.07) is 15.0. The summed E-state index contributed by atoms with van der Waals surface area (Å²) < 4.78 is 25.8. The van der Waals surface area contributed by atoms with E-state index in [1.165, 1.54) is 0 Å². The lowest BCUT2D eigenvalue weighted by molar-refractivity contribution is 0.606. The topological polar surface area (TPSA) is 84.2 Å². The van der Waals surface area contributed by atoms with Gasteiger partial charge in [0.2, 0.25) is 10.0 Å². The van der Waals surface area contributed by atoms with Crippen LogP contribution >= 0.6 is 0 Å². The molecule has 0 aliphatic carbocycles. The summed E-state index contributed by atoms with van der Waals surface area (Å²) in [5, 5.41) is 3.09. The van der Waals surface area contributed by atoms with Crippen molar-refractivity contribution in [3.63, 3.8) is 0 Å². The highest BCUT2D eigenvalue weighted by atomic mass is 32.2. The fourth-order valence-corrected chi connectivity index (χ4v) is 3.15. The smallest absolute Gasteiger partial charge is 0.229 e. The van der Waals surface area contributed by atoms with Crippen LogP contribution in [0.3, 0.4) is 0 Å². The van der Waals surface area contributed by atoms with E-state index in [9.17, 15) is 8.42 Å². The van der Waals surface area contributed by atoms with Crippen LogP contribution in [0.2, 0.25) is 0 Å². The molecule has 0 saturated carbocycles. The molecule has 2 rings (SSSR count). The molecular formula is C17H23N3O2S. The lowest BCUT2D eigenvalue weighted by Crippen LogP contribution is -2.20. The molecule has 23 heavy (non-hydrogen) atoms. The van der Waals surface area contributed by atoms with E-state index < -0.39 is 10.0 Å². The molecule has 0 aliphatic rings. The molecule has 0 fully saturated rings. The van der Waals surface area contributed by atoms with Crippen molar-refractivity contribution >= 4 is 15.7 Å². The van der Waals surface area contributed by atoms with Crippen LogP contribution in [0.5, 0.6) is 0 Å². The lowest BCUT2D eigenvalue weighted by atomic mass is 9.92. The van der Waals surface area contributed by atoms with Gasteiger partial charge < -0.3 is 11.1 Å². The number of hydrogen-bond donors (Lipinski definition) is 3. The molecule has 0 heterocycles. The SMILES string of the molecule is CNCCc1c(NS(C)(=O)=O)cccc1C(N)c1ccccc1. The van der Waals surface area contributed by atoms with E-state index in [2.05, 4.69) is 10.0 Å². The Hall–Kier alpha value is -1.89. The van der Waals surface area contributed by atoms with Gasteiger partial charge in [-0.05, 0) is 42.8 Å². The van der Waals surface area contributed by atoms with Crippen molar-refractivity contribution in [2.75, 3.05) is 24.6 Å². The van der Waals surface area contributed by atoms with E-state index in [4.69, 9.17) is 5.73 Å². The average molecular weight is 333 g/mol. The third-order valence-corrected chi connectivity index (χ3v) is 4.22. The van der Waals surface area contributed by atoms with Gasteiger partial charge >= 0.3 is 0 Å². The second kappa shape index (κ2) is 7.59. The van der Waals surface area contributed by atoms with Crippen LogP contribution in [0.15, 0.2) is 48.5 Å². The van der Waals surface area contributed by atoms with E-state index in [1.807, 2.05) is 49.5 Å². The molecule has 5 nitrogen and oxygen atoms in total. The molecule has 1 unspecified atom stereocenters. The minimum Gasteiger partial charge on any atom is -0.320 e. The highest BCUT2D eigenvalue weighted by molar-refractivity contribution is 7.92. The Bertz CT molecular complexity index is 746. The van der Waals surface area contributed by atoms with Gasteiger partial charge in [0, 0.05) is 0 Å². The monoisotopic (exact) mass is 333 g/mol. The Labute approximate surface area is 138 Å². The first-order valence-corrected chi connectivity index (χ1v) is 9.36. The molecule has 1 atom stereocenters. The van der Waals surface area contributed by atoms with Gasteiger partial charge in [-0.3, -0.25) is 4.72 Å². The maximum Gasteiger partial charge on any atom is 0.229 e. The van der Waals surface area contributed by atoms with Crippen LogP contribution in [0.4, 0.5) is 5.69 Å². The van der Waals surface area contributed by atoms with Gasteiger partial charge in [0.25, 0.3) is 0 Å². The van der Waals surface area contributed by atoms with Crippen LogP contribution in [-0.4, -0.2) is 28.3 Å². The summed E-state index contributed by atoms with van der Waals surface area (Å²) in [4.78, 5) is 0. The zero-order valence-corrected chi connectivity index (χ0v) is 14.2. The largest absolute Gasteiger partial charge is 0.320 e. The van der Waals surface area contributed by atoms with E-state index in [0.717, 1.165) is 29.5 Å². The lowest BCUT2D eigenvalue weighted by Gasteiger charge is -2.20. The van der Waals surface area contributed by atoms with Crippen LogP contribution in [0.25, 0.3) is 0 Å². The van der Waals surface area contributed by atoms with Crippen molar-refractivity contribution in [3.8, 4) is 0 Å². The third kappa shape index (κ3) is 4.79. The maximum absolute atomic E-state index is 11.6. The Kier molecular flexibility index (Phi) is 5.76. The quantitative estimate of drug-likeness (QED) is 0.722. The second-order valence-electron chi connectivity index (χ2n) is 5.49. The van der Waals surface area contributed by atoms with Crippen LogP contribution < -0.4 is 15.8 Å². The summed E-state index contributed by atoms with van der Waals surface area (Å²) in [6.45, 7) is 0.733. The number of likely N-dealkylation sites (N-methyl/N-ethyl adjacent to an activating group) is 1. The summed E-state index contributed by atoms with van der Waals surface area (Å²) in [6.07, 6.45) is 1.84. The number of sulfonamides is 1. The van der Waals surface area contributed by atoms with Crippen LogP contribution in [0, 0.1) is 0 Å². The number of anilines is 1. The molecule has 0 aromatic heterocycles. The van der Waals surface area contributed by atoms with E-state index >= 15 is 0 Å². The van der Waals surface area contributed by atoms with E-state index in [-0.39, 0.29) is 6.04 Å². The maximum atomic E-state index is 11.6. The Morgan fingerprint density at radius 2 is 1.78 bits per heavy atom. The third-order valence-electron chi connectivity index (χ3n) is 3.63. The van der Waals surface area contributed by atoms with Crippen molar-refractivity contribution in [1.29, 1.82) is 0 Å². The van der Waals surface area contributed by atoms with Gasteiger partial charge in [0.1, 0.15) is 0 Å². The number of nitrogens with one attached hydrogen (secondary N) is 2. The fourth-order valence-electron chi connectivity index (χ4n) is 2.56. The van der Waals surface area contributed by atoms with Gasteiger partial charge in [-0.2, -0.15) is 0 Å². The summed E-state index contributed by atoms with van der Waals surface area (Å²) in [5.41, 5.74) is 9.86. The molecule has 0 bridgehead atoms. The number of nitrogens with two attached hydrogens (primary N) is 1. The van der Waals surface area contributed by atoms with Crippen LogP contribution in [0.1, 0.15) is 22.7 Å². The Morgan fingerprint density at radius 1 is 1.09 bits per heavy atom. The molecule has 0 spiro atoms. The fraction of sp³-hybridized carbons (Fsp3) is 0.294. The summed E-state index contributed by atoms with van der Waals surface area (Å²) in [7, 11) is -1.48. The first-order valence-electron chi connectivity index (χ1n) is 7.47. The van der Waals surface area contributed by atoms with Gasteiger partial charge in [0.15, 0.2) is 0 Å². The summed E-state index contributed by atoms with van der Waals surface area (Å²) in [5.74, 6) is 0. The minimum atomic E-state index is -3.34. The minimum absolute atomic E-state index is 0.302. The van der Waals surface area contributed by atoms with Gasteiger partial charge in [-0.15, -0.1) is 0 Å². The van der Waals surface area contributed by atoms with E-state index in [1.54, 1.807) is 6.07 Å². The molecule has 2 aromatic carbocycles. The van der Waals surface area contributed by atoms with Gasteiger partial charge in [0.05, 0.1) is 18.0 Å². The van der Waals surface area contributed by atoms with Crippen molar-refractivity contribution in [2.45, 2.75) is 12.5 Å². The average Bonchev–Trinajstić information content (AvgIpc) is 2.52. The predicted molar refractivity (Wildman–Crippen MR) is 95.0 cm³/mol. The van der Waals surface area contributed by atoms with Crippen molar-refractivity contribution in [1.82, 2.24) is 5.32 Å². The molecular weight excluding hydrogens is 310 g/mol. The van der Waals surface area contributed by atoms with Crippen LogP contribution in [-0.2, 0) is 16.4 Å². The zero-order chi connectivity index (χ0) is 16.9. The Morgan fingerprint density at radius 3 is 2.39 bits per heavy atom. The molecule has 0 aliphatic heterocycles. The molecule has 2 aromatic rings. The summed E-state index contributed by atoms with van der Waals surface area (Å²) >= 11 is 0. The first-order chi connectivity index (χ1) is 10.9. The molecule has 4 N–H and O–H groups in total. The zero-order valence-electron chi connectivity index (χ0n) is 13.4. The van der Waals surface area contributed by atoms with E-state index in [0.29, 0.717) is 12.1 Å². The van der Waals surface area contributed by atoms with Gasteiger partial charge in [-0.1, -0.05) is 42.5 Å². The molecule has 0 radical (unpaired) electrons.